The number of aromatic amines is 1. The van der Waals surface area contributed by atoms with Gasteiger partial charge < -0.3 is 14.5 Å². The first kappa shape index (κ1) is 11.9. The predicted molar refractivity (Wildman–Crippen MR) is 60.6 cm³/mol. The SMILES string of the molecule is O=c1cc(C(F)(F)F)[nH]c2cc3c(cc12)OCCO3. The molecule has 1 aliphatic rings. The number of nitrogens with one attached hydrogen (secondary N) is 1. The molecule has 19 heavy (non-hydrogen) atoms. The minimum Gasteiger partial charge on any atom is -0.486 e. The van der Waals surface area contributed by atoms with E-state index in [1.165, 1.54) is 12.1 Å². The van der Waals surface area contributed by atoms with Crippen molar-refractivity contribution in [1.82, 2.24) is 4.98 Å². The van der Waals surface area contributed by atoms with E-state index in [1.807, 2.05) is 0 Å². The van der Waals surface area contributed by atoms with Gasteiger partial charge in [-0.1, -0.05) is 0 Å². The molecule has 4 nitrogen and oxygen atoms in total. The zero-order valence-corrected chi connectivity index (χ0v) is 9.50. The number of H-pyrrole nitrogens is 1. The molecule has 0 aliphatic carbocycles. The molecule has 1 aromatic heterocycles. The number of alkyl halides is 3. The van der Waals surface area contributed by atoms with Crippen LogP contribution in [-0.2, 0) is 6.18 Å². The molecule has 0 saturated heterocycles. The first-order valence-corrected chi connectivity index (χ1v) is 5.49. The molecular formula is C12H8F3NO3. The van der Waals surface area contributed by atoms with E-state index in [0.29, 0.717) is 30.8 Å². The summed E-state index contributed by atoms with van der Waals surface area (Å²) in [7, 11) is 0. The van der Waals surface area contributed by atoms with Crippen LogP contribution in [0.2, 0.25) is 0 Å². The molecule has 0 radical (unpaired) electrons. The number of ether oxygens (including phenoxy) is 2. The third-order valence-corrected chi connectivity index (χ3v) is 2.80. The summed E-state index contributed by atoms with van der Waals surface area (Å²) in [5, 5.41) is 0.136. The molecule has 0 saturated carbocycles. The van der Waals surface area contributed by atoms with E-state index < -0.39 is 17.3 Å². The molecule has 1 aliphatic heterocycles. The maximum absolute atomic E-state index is 12.6. The molecule has 0 spiro atoms. The van der Waals surface area contributed by atoms with E-state index in [-0.39, 0.29) is 10.9 Å². The minimum atomic E-state index is -4.60. The highest BCUT2D eigenvalue weighted by molar-refractivity contribution is 5.82. The molecule has 0 amide bonds. The van der Waals surface area contributed by atoms with Crippen LogP contribution < -0.4 is 14.9 Å². The Morgan fingerprint density at radius 1 is 1.05 bits per heavy atom. The van der Waals surface area contributed by atoms with Crippen LogP contribution in [0.4, 0.5) is 13.2 Å². The molecule has 100 valence electrons. The summed E-state index contributed by atoms with van der Waals surface area (Å²) in [6.45, 7) is 0.665. The van der Waals surface area contributed by atoms with E-state index in [1.54, 1.807) is 0 Å². The van der Waals surface area contributed by atoms with Crippen LogP contribution in [0.5, 0.6) is 11.5 Å². The van der Waals surface area contributed by atoms with Crippen LogP contribution in [0.25, 0.3) is 10.9 Å². The van der Waals surface area contributed by atoms with Crippen LogP contribution in [0.1, 0.15) is 5.69 Å². The average molecular weight is 271 g/mol. The van der Waals surface area contributed by atoms with Crippen LogP contribution >= 0.6 is 0 Å². The summed E-state index contributed by atoms with van der Waals surface area (Å²) < 4.78 is 48.4. The van der Waals surface area contributed by atoms with Gasteiger partial charge in [0, 0.05) is 17.5 Å². The second kappa shape index (κ2) is 3.91. The molecule has 7 heteroatoms. The molecule has 1 N–H and O–H groups in total. The number of hydrogen-bond donors (Lipinski definition) is 1. The number of aromatic nitrogens is 1. The largest absolute Gasteiger partial charge is 0.486 e. The van der Waals surface area contributed by atoms with E-state index in [9.17, 15) is 18.0 Å². The van der Waals surface area contributed by atoms with Gasteiger partial charge in [-0.2, -0.15) is 13.2 Å². The Balaban J connectivity index is 2.27. The number of halogens is 3. The van der Waals surface area contributed by atoms with E-state index in [2.05, 4.69) is 4.98 Å². The Labute approximate surface area is 104 Å². The van der Waals surface area contributed by atoms with Crippen LogP contribution in [0.15, 0.2) is 23.0 Å². The van der Waals surface area contributed by atoms with Crippen molar-refractivity contribution in [2.45, 2.75) is 6.18 Å². The highest BCUT2D eigenvalue weighted by atomic mass is 19.4. The molecular weight excluding hydrogens is 263 g/mol. The smallest absolute Gasteiger partial charge is 0.431 e. The second-order valence-electron chi connectivity index (χ2n) is 4.09. The van der Waals surface area contributed by atoms with Gasteiger partial charge in [0.05, 0.1) is 5.52 Å². The fourth-order valence-electron chi connectivity index (χ4n) is 1.94. The van der Waals surface area contributed by atoms with E-state index in [0.717, 1.165) is 0 Å². The highest BCUT2D eigenvalue weighted by Crippen LogP contribution is 2.34. The van der Waals surface area contributed by atoms with E-state index in [4.69, 9.17) is 9.47 Å². The quantitative estimate of drug-likeness (QED) is 0.800. The van der Waals surface area contributed by atoms with Crippen molar-refractivity contribution < 1.29 is 22.6 Å². The zero-order chi connectivity index (χ0) is 13.6. The number of benzene rings is 1. The lowest BCUT2D eigenvalue weighted by Gasteiger charge is -2.19. The summed E-state index contributed by atoms with van der Waals surface area (Å²) in [6.07, 6.45) is -4.60. The topological polar surface area (TPSA) is 51.3 Å². The Morgan fingerprint density at radius 2 is 1.68 bits per heavy atom. The molecule has 0 fully saturated rings. The highest BCUT2D eigenvalue weighted by Gasteiger charge is 2.32. The van der Waals surface area contributed by atoms with Crippen molar-refractivity contribution in [3.63, 3.8) is 0 Å². The predicted octanol–water partition coefficient (Wildman–Crippen LogP) is 2.32. The third kappa shape index (κ3) is 2.00. The van der Waals surface area contributed by atoms with Gasteiger partial charge in [0.15, 0.2) is 16.9 Å². The van der Waals surface area contributed by atoms with Gasteiger partial charge in [0.1, 0.15) is 18.9 Å². The molecule has 0 bridgehead atoms. The van der Waals surface area contributed by atoms with Gasteiger partial charge in [0.25, 0.3) is 0 Å². The van der Waals surface area contributed by atoms with Gasteiger partial charge in [0.2, 0.25) is 0 Å². The fraction of sp³-hybridized carbons (Fsp3) is 0.250. The summed E-state index contributed by atoms with van der Waals surface area (Å²) in [5.74, 6) is 0.692. The molecule has 1 aromatic carbocycles. The Morgan fingerprint density at radius 3 is 2.32 bits per heavy atom. The van der Waals surface area contributed by atoms with Gasteiger partial charge in [-0.05, 0) is 6.07 Å². The van der Waals surface area contributed by atoms with Crippen molar-refractivity contribution >= 4 is 10.9 Å². The molecule has 2 aromatic rings. The number of rotatable bonds is 0. The Hall–Kier alpha value is -2.18. The summed E-state index contributed by atoms with van der Waals surface area (Å²) >= 11 is 0. The molecule has 0 unspecified atom stereocenters. The first-order valence-electron chi connectivity index (χ1n) is 5.49. The number of fused-ring (bicyclic) bond motifs is 2. The zero-order valence-electron chi connectivity index (χ0n) is 9.50. The van der Waals surface area contributed by atoms with Gasteiger partial charge in [-0.15, -0.1) is 0 Å². The fourth-order valence-corrected chi connectivity index (χ4v) is 1.94. The Kier molecular flexibility index (Phi) is 2.44. The average Bonchev–Trinajstić information content (AvgIpc) is 2.35. The monoisotopic (exact) mass is 271 g/mol. The van der Waals surface area contributed by atoms with Crippen molar-refractivity contribution in [3.05, 3.63) is 34.1 Å². The molecule has 2 heterocycles. The number of pyridine rings is 1. The lowest BCUT2D eigenvalue weighted by molar-refractivity contribution is -0.141. The van der Waals surface area contributed by atoms with Gasteiger partial charge >= 0.3 is 6.18 Å². The lowest BCUT2D eigenvalue weighted by atomic mass is 10.1. The Bertz CT molecular complexity index is 706. The standard InChI is InChI=1S/C12H8F3NO3/c13-12(14,15)11-5-8(17)6-3-9-10(4-7(6)16-11)19-2-1-18-9/h3-5H,1-2H2,(H,16,17). The summed E-state index contributed by atoms with van der Waals surface area (Å²) in [6, 6.07) is 3.28. The maximum atomic E-state index is 12.6. The van der Waals surface area contributed by atoms with E-state index >= 15 is 0 Å². The summed E-state index contributed by atoms with van der Waals surface area (Å²) in [4.78, 5) is 13.9. The second-order valence-corrected chi connectivity index (χ2v) is 4.09. The lowest BCUT2D eigenvalue weighted by Crippen LogP contribution is -2.17. The minimum absolute atomic E-state index is 0.0732. The van der Waals surface area contributed by atoms with Crippen molar-refractivity contribution in [3.8, 4) is 11.5 Å². The van der Waals surface area contributed by atoms with Crippen molar-refractivity contribution in [1.29, 1.82) is 0 Å². The van der Waals surface area contributed by atoms with Gasteiger partial charge in [-0.25, -0.2) is 0 Å². The van der Waals surface area contributed by atoms with Gasteiger partial charge in [-0.3, -0.25) is 4.79 Å². The molecule has 0 atom stereocenters. The maximum Gasteiger partial charge on any atom is 0.431 e. The normalized spacial score (nSPS) is 14.7. The van der Waals surface area contributed by atoms with Crippen LogP contribution in [-0.4, -0.2) is 18.2 Å². The van der Waals surface area contributed by atoms with Crippen LogP contribution in [0, 0.1) is 0 Å². The van der Waals surface area contributed by atoms with Crippen molar-refractivity contribution in [2.24, 2.45) is 0 Å². The number of hydrogen-bond acceptors (Lipinski definition) is 3. The first-order chi connectivity index (χ1) is 8.95. The van der Waals surface area contributed by atoms with Crippen molar-refractivity contribution in [2.75, 3.05) is 13.2 Å². The molecule has 3 rings (SSSR count). The van der Waals surface area contributed by atoms with Crippen LogP contribution in [0.3, 0.4) is 0 Å². The summed E-state index contributed by atoms with van der Waals surface area (Å²) in [5.41, 5.74) is -1.72. The third-order valence-electron chi connectivity index (χ3n) is 2.80.